The fourth-order valence-corrected chi connectivity index (χ4v) is 1.84. The molecule has 1 aromatic heterocycles. The van der Waals surface area contributed by atoms with E-state index in [9.17, 15) is 5.11 Å². The molecule has 0 saturated carbocycles. The van der Waals surface area contributed by atoms with E-state index in [4.69, 9.17) is 0 Å². The van der Waals surface area contributed by atoms with Gasteiger partial charge in [0.05, 0.1) is 12.3 Å². The molecular weight excluding hydrogens is 196 g/mol. The van der Waals surface area contributed by atoms with Crippen LogP contribution in [0, 0.1) is 0 Å². The number of aryl methyl sites for hydroxylation is 2. The van der Waals surface area contributed by atoms with E-state index in [0.717, 1.165) is 25.0 Å². The SMILES string of the molecule is CSCCC(O)CCc1cnn(C)c1. The molecule has 0 amide bonds. The molecule has 1 unspecified atom stereocenters. The predicted molar refractivity (Wildman–Crippen MR) is 60.5 cm³/mol. The summed E-state index contributed by atoms with van der Waals surface area (Å²) in [5.74, 6) is 1.04. The number of nitrogens with zero attached hydrogens (tertiary/aromatic N) is 2. The van der Waals surface area contributed by atoms with Crippen molar-refractivity contribution < 1.29 is 5.11 Å². The Hall–Kier alpha value is -0.480. The number of rotatable bonds is 6. The van der Waals surface area contributed by atoms with Crippen molar-refractivity contribution in [3.63, 3.8) is 0 Å². The van der Waals surface area contributed by atoms with Gasteiger partial charge in [0, 0.05) is 13.2 Å². The van der Waals surface area contributed by atoms with Crippen molar-refractivity contribution in [2.45, 2.75) is 25.4 Å². The van der Waals surface area contributed by atoms with E-state index in [1.165, 1.54) is 5.56 Å². The minimum absolute atomic E-state index is 0.164. The Morgan fingerprint density at radius 3 is 2.93 bits per heavy atom. The molecule has 1 heterocycles. The van der Waals surface area contributed by atoms with Crippen molar-refractivity contribution >= 4 is 11.8 Å². The topological polar surface area (TPSA) is 38.1 Å². The predicted octanol–water partition coefficient (Wildman–Crippen LogP) is 1.47. The average molecular weight is 214 g/mol. The van der Waals surface area contributed by atoms with Gasteiger partial charge in [0.2, 0.25) is 0 Å². The summed E-state index contributed by atoms with van der Waals surface area (Å²) in [5.41, 5.74) is 1.20. The first-order valence-corrected chi connectivity index (χ1v) is 6.26. The zero-order chi connectivity index (χ0) is 10.4. The first-order chi connectivity index (χ1) is 6.72. The number of thioether (sulfide) groups is 1. The van der Waals surface area contributed by atoms with E-state index < -0.39 is 0 Å². The highest BCUT2D eigenvalue weighted by atomic mass is 32.2. The zero-order valence-corrected chi connectivity index (χ0v) is 9.63. The fourth-order valence-electron chi connectivity index (χ4n) is 1.33. The van der Waals surface area contributed by atoms with Gasteiger partial charge >= 0.3 is 0 Å². The van der Waals surface area contributed by atoms with Crippen molar-refractivity contribution in [1.82, 2.24) is 9.78 Å². The summed E-state index contributed by atoms with van der Waals surface area (Å²) in [7, 11) is 1.91. The summed E-state index contributed by atoms with van der Waals surface area (Å²) in [5, 5.41) is 13.7. The van der Waals surface area contributed by atoms with E-state index in [1.54, 1.807) is 16.4 Å². The Balaban J connectivity index is 2.20. The summed E-state index contributed by atoms with van der Waals surface area (Å²) in [6, 6.07) is 0. The first-order valence-electron chi connectivity index (χ1n) is 4.87. The Bertz CT molecular complexity index is 262. The lowest BCUT2D eigenvalue weighted by Crippen LogP contribution is -2.08. The summed E-state index contributed by atoms with van der Waals surface area (Å²) < 4.78 is 1.80. The molecule has 0 spiro atoms. The lowest BCUT2D eigenvalue weighted by molar-refractivity contribution is 0.162. The van der Waals surface area contributed by atoms with E-state index in [1.807, 2.05) is 19.4 Å². The van der Waals surface area contributed by atoms with Gasteiger partial charge in [-0.3, -0.25) is 4.68 Å². The van der Waals surface area contributed by atoms with Gasteiger partial charge in [-0.05, 0) is 36.8 Å². The standard InChI is InChI=1S/C10H18N2OS/c1-12-8-9(7-11-12)3-4-10(13)5-6-14-2/h7-8,10,13H,3-6H2,1-2H3. The summed E-state index contributed by atoms with van der Waals surface area (Å²) in [6.07, 6.45) is 8.41. The molecule has 0 aromatic carbocycles. The van der Waals surface area contributed by atoms with E-state index in [-0.39, 0.29) is 6.10 Å². The third-order valence-corrected chi connectivity index (χ3v) is 2.82. The molecule has 1 aromatic rings. The number of aromatic nitrogens is 2. The lowest BCUT2D eigenvalue weighted by Gasteiger charge is -2.07. The Kier molecular flexibility index (Phi) is 5.04. The van der Waals surface area contributed by atoms with Crippen LogP contribution in [-0.2, 0) is 13.5 Å². The second-order valence-corrected chi connectivity index (χ2v) is 4.48. The van der Waals surface area contributed by atoms with Gasteiger partial charge in [-0.2, -0.15) is 16.9 Å². The van der Waals surface area contributed by atoms with Crippen LogP contribution >= 0.6 is 11.8 Å². The van der Waals surface area contributed by atoms with Gasteiger partial charge in [-0.15, -0.1) is 0 Å². The molecule has 0 bridgehead atoms. The van der Waals surface area contributed by atoms with Crippen molar-refractivity contribution in [3.05, 3.63) is 18.0 Å². The fraction of sp³-hybridized carbons (Fsp3) is 0.700. The molecule has 0 saturated heterocycles. The van der Waals surface area contributed by atoms with Crippen LogP contribution in [0.25, 0.3) is 0 Å². The van der Waals surface area contributed by atoms with Crippen molar-refractivity contribution in [2.75, 3.05) is 12.0 Å². The van der Waals surface area contributed by atoms with Gasteiger partial charge < -0.3 is 5.11 Å². The largest absolute Gasteiger partial charge is 0.393 e. The van der Waals surface area contributed by atoms with Crippen LogP contribution in [0.1, 0.15) is 18.4 Å². The molecule has 0 radical (unpaired) electrons. The second-order valence-electron chi connectivity index (χ2n) is 3.50. The van der Waals surface area contributed by atoms with Crippen LogP contribution in [0.3, 0.4) is 0 Å². The van der Waals surface area contributed by atoms with Crippen LogP contribution < -0.4 is 0 Å². The highest BCUT2D eigenvalue weighted by molar-refractivity contribution is 7.98. The summed E-state index contributed by atoms with van der Waals surface area (Å²) in [4.78, 5) is 0. The van der Waals surface area contributed by atoms with Gasteiger partial charge in [-0.1, -0.05) is 0 Å². The maximum absolute atomic E-state index is 9.61. The van der Waals surface area contributed by atoms with E-state index in [0.29, 0.717) is 0 Å². The van der Waals surface area contributed by atoms with Gasteiger partial charge in [0.15, 0.2) is 0 Å². The normalized spacial score (nSPS) is 13.1. The molecule has 0 aliphatic carbocycles. The molecular formula is C10H18N2OS. The van der Waals surface area contributed by atoms with Gasteiger partial charge in [0.1, 0.15) is 0 Å². The second kappa shape index (κ2) is 6.09. The zero-order valence-electron chi connectivity index (χ0n) is 8.81. The van der Waals surface area contributed by atoms with Crippen LogP contribution in [-0.4, -0.2) is 33.0 Å². The van der Waals surface area contributed by atoms with E-state index in [2.05, 4.69) is 11.4 Å². The van der Waals surface area contributed by atoms with Crippen LogP contribution in [0.5, 0.6) is 0 Å². The third-order valence-electron chi connectivity index (χ3n) is 2.18. The minimum Gasteiger partial charge on any atom is -0.393 e. The van der Waals surface area contributed by atoms with Gasteiger partial charge in [0.25, 0.3) is 0 Å². The van der Waals surface area contributed by atoms with Crippen LogP contribution in [0.4, 0.5) is 0 Å². The van der Waals surface area contributed by atoms with E-state index >= 15 is 0 Å². The summed E-state index contributed by atoms with van der Waals surface area (Å²) in [6.45, 7) is 0. The molecule has 0 fully saturated rings. The van der Waals surface area contributed by atoms with Crippen molar-refractivity contribution in [2.24, 2.45) is 7.05 Å². The molecule has 1 atom stereocenters. The lowest BCUT2D eigenvalue weighted by atomic mass is 10.1. The van der Waals surface area contributed by atoms with Crippen LogP contribution in [0.2, 0.25) is 0 Å². The molecule has 0 aliphatic heterocycles. The minimum atomic E-state index is -0.164. The van der Waals surface area contributed by atoms with Crippen LogP contribution in [0.15, 0.2) is 12.4 Å². The number of hydrogen-bond acceptors (Lipinski definition) is 3. The number of hydrogen-bond donors (Lipinski definition) is 1. The van der Waals surface area contributed by atoms with Crippen molar-refractivity contribution in [1.29, 1.82) is 0 Å². The molecule has 1 rings (SSSR count). The third kappa shape index (κ3) is 4.15. The molecule has 1 N–H and O–H groups in total. The average Bonchev–Trinajstić information content (AvgIpc) is 2.58. The Morgan fingerprint density at radius 2 is 2.36 bits per heavy atom. The smallest absolute Gasteiger partial charge is 0.0551 e. The Labute approximate surface area is 89.5 Å². The molecule has 0 aliphatic rings. The molecule has 14 heavy (non-hydrogen) atoms. The molecule has 4 heteroatoms. The monoisotopic (exact) mass is 214 g/mol. The molecule has 80 valence electrons. The quantitative estimate of drug-likeness (QED) is 0.779. The van der Waals surface area contributed by atoms with Crippen molar-refractivity contribution in [3.8, 4) is 0 Å². The number of aliphatic hydroxyl groups excluding tert-OH is 1. The van der Waals surface area contributed by atoms with Gasteiger partial charge in [-0.25, -0.2) is 0 Å². The highest BCUT2D eigenvalue weighted by Gasteiger charge is 2.04. The summed E-state index contributed by atoms with van der Waals surface area (Å²) >= 11 is 1.78. The maximum atomic E-state index is 9.61. The molecule has 3 nitrogen and oxygen atoms in total. The number of aliphatic hydroxyl groups is 1. The highest BCUT2D eigenvalue weighted by Crippen LogP contribution is 2.08. The first kappa shape index (κ1) is 11.6. The maximum Gasteiger partial charge on any atom is 0.0551 e. The Morgan fingerprint density at radius 1 is 1.57 bits per heavy atom.